The Balaban J connectivity index is 1.14. The smallest absolute Gasteiger partial charge is 0.246 e. The molecule has 3 unspecified atom stereocenters. The number of aromatic nitrogens is 1. The maximum absolute atomic E-state index is 14.1. The Hall–Kier alpha value is -3.67. The van der Waals surface area contributed by atoms with E-state index in [0.29, 0.717) is 22.5 Å². The van der Waals surface area contributed by atoms with Crippen LogP contribution < -0.4 is 10.2 Å². The molecule has 1 aromatic heterocycles. The number of methoxy groups -OCH3 is 1. The highest BCUT2D eigenvalue weighted by Crippen LogP contribution is 2.37. The van der Waals surface area contributed by atoms with E-state index in [4.69, 9.17) is 30.8 Å². The van der Waals surface area contributed by atoms with E-state index in [-0.39, 0.29) is 24.3 Å². The van der Waals surface area contributed by atoms with Gasteiger partial charge in [0.15, 0.2) is 11.0 Å². The van der Waals surface area contributed by atoms with Crippen molar-refractivity contribution in [2.45, 2.75) is 45.4 Å². The van der Waals surface area contributed by atoms with Gasteiger partial charge in [-0.1, -0.05) is 56.7 Å². The first-order valence-corrected chi connectivity index (χ1v) is 16.8. The third-order valence-electron chi connectivity index (χ3n) is 8.81. The number of halogens is 1. The number of rotatable bonds is 8. The summed E-state index contributed by atoms with van der Waals surface area (Å²) in [5.74, 6) is 0.737. The standard InChI is InChI=1S/C34H40ClN5O5S/c1-34(2,3)30(38-33-37-28(20-46-33)21-5-8-23(9-6-21)39-11-13-44-14-12-39)32(42)40-18-25(16-24(40)19-41)45-31-27-15-22(35)7-10-26(27)29(43-4)17-36-31/h5-10,15,17,19-20,24-27,30H,11-14,16,18H2,1-4H3,(H,37,38)/t24?,25-,26?,27?,30-/m1/s1. The quantitative estimate of drug-likeness (QED) is 0.370. The minimum Gasteiger partial charge on any atom is -0.499 e. The summed E-state index contributed by atoms with van der Waals surface area (Å²) in [6.45, 7) is 9.52. The van der Waals surface area contributed by atoms with Crippen LogP contribution in [0, 0.1) is 17.3 Å². The molecule has 0 spiro atoms. The highest BCUT2D eigenvalue weighted by atomic mass is 35.5. The van der Waals surface area contributed by atoms with Crippen LogP contribution in [0.4, 0.5) is 10.8 Å². The molecule has 3 aliphatic heterocycles. The monoisotopic (exact) mass is 665 g/mol. The Kier molecular flexibility index (Phi) is 9.54. The molecule has 5 atom stereocenters. The zero-order valence-corrected chi connectivity index (χ0v) is 28.1. The lowest BCUT2D eigenvalue weighted by Gasteiger charge is -2.34. The van der Waals surface area contributed by atoms with Crippen molar-refractivity contribution in [1.29, 1.82) is 0 Å². The number of nitrogens with one attached hydrogen (secondary N) is 1. The van der Waals surface area contributed by atoms with Crippen molar-refractivity contribution in [3.8, 4) is 11.3 Å². The average molecular weight is 666 g/mol. The molecule has 2 saturated heterocycles. The fourth-order valence-corrected chi connectivity index (χ4v) is 7.24. The van der Waals surface area contributed by atoms with E-state index in [0.717, 1.165) is 49.6 Å². The number of carbonyl (C=O) groups is 2. The Morgan fingerprint density at radius 3 is 2.65 bits per heavy atom. The lowest BCUT2D eigenvalue weighted by atomic mass is 9.85. The highest BCUT2D eigenvalue weighted by molar-refractivity contribution is 7.14. The second-order valence-electron chi connectivity index (χ2n) is 13.0. The van der Waals surface area contributed by atoms with Gasteiger partial charge in [-0.15, -0.1) is 11.3 Å². The number of morpholine rings is 1. The molecule has 6 rings (SSSR count). The van der Waals surface area contributed by atoms with Gasteiger partial charge in [0.1, 0.15) is 24.2 Å². The predicted molar refractivity (Wildman–Crippen MR) is 181 cm³/mol. The van der Waals surface area contributed by atoms with Gasteiger partial charge in [0, 0.05) is 41.2 Å². The van der Waals surface area contributed by atoms with Gasteiger partial charge in [0.2, 0.25) is 5.91 Å². The average Bonchev–Trinajstić information content (AvgIpc) is 3.71. The summed E-state index contributed by atoms with van der Waals surface area (Å²) in [4.78, 5) is 39.7. The van der Waals surface area contributed by atoms with Gasteiger partial charge in [-0.05, 0) is 23.6 Å². The molecule has 0 bridgehead atoms. The van der Waals surface area contributed by atoms with Crippen LogP contribution in [0.2, 0.25) is 0 Å². The second-order valence-corrected chi connectivity index (χ2v) is 14.3. The summed E-state index contributed by atoms with van der Waals surface area (Å²) in [5.41, 5.74) is 2.54. The van der Waals surface area contributed by atoms with Gasteiger partial charge >= 0.3 is 0 Å². The number of ether oxygens (including phenoxy) is 3. The molecule has 46 heavy (non-hydrogen) atoms. The van der Waals surface area contributed by atoms with Crippen LogP contribution in [0.3, 0.4) is 0 Å². The van der Waals surface area contributed by atoms with Crippen LogP contribution >= 0.6 is 22.9 Å². The number of aldehydes is 1. The van der Waals surface area contributed by atoms with Gasteiger partial charge in [-0.3, -0.25) is 4.79 Å². The number of aliphatic imine (C=N–C) groups is 1. The molecule has 1 aliphatic carbocycles. The van der Waals surface area contributed by atoms with Crippen molar-refractivity contribution in [3.05, 3.63) is 64.9 Å². The number of carbonyl (C=O) groups excluding carboxylic acids is 2. The van der Waals surface area contributed by atoms with E-state index in [1.54, 1.807) is 18.2 Å². The molecule has 12 heteroatoms. The van der Waals surface area contributed by atoms with E-state index < -0.39 is 23.6 Å². The first-order chi connectivity index (χ1) is 22.1. The molecule has 1 aromatic carbocycles. The zero-order chi connectivity index (χ0) is 32.4. The molecule has 4 aliphatic rings. The van der Waals surface area contributed by atoms with Crippen molar-refractivity contribution in [1.82, 2.24) is 9.88 Å². The lowest BCUT2D eigenvalue weighted by molar-refractivity contribution is -0.137. The first-order valence-electron chi connectivity index (χ1n) is 15.6. The summed E-state index contributed by atoms with van der Waals surface area (Å²) in [5, 5.41) is 6.64. The van der Waals surface area contributed by atoms with E-state index >= 15 is 0 Å². The van der Waals surface area contributed by atoms with Crippen molar-refractivity contribution in [2.75, 3.05) is 50.2 Å². The maximum atomic E-state index is 14.1. The summed E-state index contributed by atoms with van der Waals surface area (Å²) in [7, 11) is 1.61. The largest absolute Gasteiger partial charge is 0.499 e. The topological polar surface area (TPSA) is 106 Å². The number of hydrogen-bond acceptors (Lipinski definition) is 10. The molecule has 0 saturated carbocycles. The number of likely N-dealkylation sites (tertiary alicyclic amines) is 1. The van der Waals surface area contributed by atoms with Gasteiger partial charge < -0.3 is 34.1 Å². The van der Waals surface area contributed by atoms with Crippen molar-refractivity contribution >= 4 is 51.8 Å². The SMILES string of the molecule is COC1=CN=C(O[C@@H]2CC(C=O)N(C(=O)[C@@H](Nc3nc(-c4ccc(N5CCOCC5)cc4)cs3)C(C)(C)C)C2)C2C=C(Cl)C=CC12. The van der Waals surface area contributed by atoms with Crippen LogP contribution in [-0.4, -0.2) is 86.1 Å². The molecular weight excluding hydrogens is 626 g/mol. The molecule has 4 heterocycles. The Morgan fingerprint density at radius 1 is 1.20 bits per heavy atom. The van der Waals surface area contributed by atoms with Crippen LogP contribution in [0.5, 0.6) is 0 Å². The number of benzene rings is 1. The first kappa shape index (κ1) is 32.3. The Bertz CT molecular complexity index is 1560. The number of thiazole rings is 1. The molecule has 10 nitrogen and oxygen atoms in total. The molecule has 0 radical (unpaired) electrons. The third kappa shape index (κ3) is 6.86. The van der Waals surface area contributed by atoms with Crippen molar-refractivity contribution in [2.24, 2.45) is 22.2 Å². The fourth-order valence-electron chi connectivity index (χ4n) is 6.28. The summed E-state index contributed by atoms with van der Waals surface area (Å²) >= 11 is 7.78. The van der Waals surface area contributed by atoms with Gasteiger partial charge in [-0.25, -0.2) is 9.98 Å². The zero-order valence-electron chi connectivity index (χ0n) is 26.5. The minimum atomic E-state index is -0.620. The van der Waals surface area contributed by atoms with Crippen LogP contribution in [0.1, 0.15) is 27.2 Å². The van der Waals surface area contributed by atoms with E-state index in [1.807, 2.05) is 44.4 Å². The minimum absolute atomic E-state index is 0.0821. The maximum Gasteiger partial charge on any atom is 0.246 e. The number of hydrogen-bond donors (Lipinski definition) is 1. The highest BCUT2D eigenvalue weighted by Gasteiger charge is 2.44. The van der Waals surface area contributed by atoms with E-state index in [1.165, 1.54) is 17.0 Å². The van der Waals surface area contributed by atoms with Crippen LogP contribution in [0.25, 0.3) is 11.3 Å². The molecule has 244 valence electrons. The summed E-state index contributed by atoms with van der Waals surface area (Å²) in [6.07, 6.45) is 8.17. The number of nitrogens with zero attached hydrogens (tertiary/aromatic N) is 4. The Labute approximate surface area is 278 Å². The van der Waals surface area contributed by atoms with E-state index in [2.05, 4.69) is 39.5 Å². The molecule has 2 fully saturated rings. The fraction of sp³-hybridized carbons (Fsp3) is 0.471. The van der Waals surface area contributed by atoms with Gasteiger partial charge in [0.05, 0.1) is 56.6 Å². The van der Waals surface area contributed by atoms with Crippen molar-refractivity contribution < 1.29 is 23.8 Å². The molecule has 1 amide bonds. The number of amides is 1. The Morgan fingerprint density at radius 2 is 1.96 bits per heavy atom. The molecule has 2 aromatic rings. The van der Waals surface area contributed by atoms with Crippen LogP contribution in [0.15, 0.2) is 69.9 Å². The summed E-state index contributed by atoms with van der Waals surface area (Å²) < 4.78 is 17.4. The predicted octanol–water partition coefficient (Wildman–Crippen LogP) is 5.48. The van der Waals surface area contributed by atoms with Crippen LogP contribution in [-0.2, 0) is 23.8 Å². The van der Waals surface area contributed by atoms with Gasteiger partial charge in [0.25, 0.3) is 0 Å². The number of fused-ring (bicyclic) bond motifs is 1. The lowest BCUT2D eigenvalue weighted by Crippen LogP contribution is -2.51. The normalized spacial score (nSPS) is 25.2. The second kappa shape index (κ2) is 13.6. The van der Waals surface area contributed by atoms with Gasteiger partial charge in [-0.2, -0.15) is 0 Å². The number of allylic oxidation sites excluding steroid dienone is 3. The molecular formula is C34H40ClN5O5S. The van der Waals surface area contributed by atoms with E-state index in [9.17, 15) is 9.59 Å². The third-order valence-corrected chi connectivity index (χ3v) is 9.84. The molecule has 1 N–H and O–H groups in total. The van der Waals surface area contributed by atoms with Crippen molar-refractivity contribution in [3.63, 3.8) is 0 Å². The summed E-state index contributed by atoms with van der Waals surface area (Å²) in [6, 6.07) is 7.14. The number of anilines is 2.